The van der Waals surface area contributed by atoms with E-state index >= 15 is 0 Å². The van der Waals surface area contributed by atoms with Crippen LogP contribution in [0.2, 0.25) is 0 Å². The van der Waals surface area contributed by atoms with Crippen molar-refractivity contribution in [1.82, 2.24) is 19.6 Å². The second-order valence-corrected chi connectivity index (χ2v) is 4.24. The Morgan fingerprint density at radius 3 is 2.75 bits per heavy atom. The van der Waals surface area contributed by atoms with Crippen LogP contribution in [0.25, 0.3) is 0 Å². The Kier molecular flexibility index (Phi) is 5.94. The molecule has 0 atom stereocenters. The zero-order chi connectivity index (χ0) is 13.8. The third-order valence-corrected chi connectivity index (χ3v) is 2.85. The highest BCUT2D eigenvalue weighted by molar-refractivity contribution is 5.85. The highest BCUT2D eigenvalue weighted by Crippen LogP contribution is 2.14. The number of alkyl halides is 1. The maximum atomic E-state index is 13.7. The van der Waals surface area contributed by atoms with Crippen LogP contribution in [-0.2, 0) is 19.6 Å². The molecule has 0 unspecified atom stereocenters. The van der Waals surface area contributed by atoms with E-state index in [4.69, 9.17) is 0 Å². The van der Waals surface area contributed by atoms with Crippen LogP contribution in [0.15, 0.2) is 12.4 Å². The maximum Gasteiger partial charge on any atom is 0.216 e. The Labute approximate surface area is 122 Å². The Balaban J connectivity index is 0.00000200. The van der Waals surface area contributed by atoms with Gasteiger partial charge in [0, 0.05) is 30.4 Å². The topological polar surface area (TPSA) is 47.7 Å². The number of nitrogens with one attached hydrogen (secondary N) is 1. The normalized spacial score (nSPS) is 10.4. The van der Waals surface area contributed by atoms with Crippen LogP contribution < -0.4 is 5.32 Å². The number of hydrogen-bond acceptors (Lipinski definition) is 3. The van der Waals surface area contributed by atoms with Gasteiger partial charge in [0.05, 0.1) is 12.7 Å². The van der Waals surface area contributed by atoms with Crippen molar-refractivity contribution in [2.24, 2.45) is 0 Å². The van der Waals surface area contributed by atoms with Crippen molar-refractivity contribution in [3.63, 3.8) is 0 Å². The molecule has 0 saturated heterocycles. The highest BCUT2D eigenvalue weighted by atomic mass is 35.5. The third kappa shape index (κ3) is 3.47. The molecule has 0 aliphatic rings. The number of rotatable bonds is 6. The zero-order valence-corrected chi connectivity index (χ0v) is 12.3. The van der Waals surface area contributed by atoms with Gasteiger partial charge in [-0.15, -0.1) is 12.4 Å². The lowest BCUT2D eigenvalue weighted by atomic mass is 10.3. The molecule has 5 nitrogen and oxygen atoms in total. The molecule has 112 valence electrons. The summed E-state index contributed by atoms with van der Waals surface area (Å²) in [5, 5.41) is 11.2. The summed E-state index contributed by atoms with van der Waals surface area (Å²) in [6, 6.07) is 0. The summed E-state index contributed by atoms with van der Waals surface area (Å²) >= 11 is 0. The molecule has 0 amide bonds. The Bertz CT molecular complexity index is 552. The van der Waals surface area contributed by atoms with Crippen LogP contribution in [0.1, 0.15) is 18.1 Å². The molecule has 1 N–H and O–H groups in total. The minimum Gasteiger partial charge on any atom is -0.364 e. The molecule has 0 aromatic carbocycles. The van der Waals surface area contributed by atoms with E-state index in [9.17, 15) is 8.78 Å². The van der Waals surface area contributed by atoms with Gasteiger partial charge in [0.25, 0.3) is 0 Å². The van der Waals surface area contributed by atoms with Gasteiger partial charge < -0.3 is 5.32 Å². The molecule has 0 aliphatic carbocycles. The quantitative estimate of drug-likeness (QED) is 0.892. The number of aromatic nitrogens is 4. The van der Waals surface area contributed by atoms with Gasteiger partial charge in [0.1, 0.15) is 6.67 Å². The fourth-order valence-electron chi connectivity index (χ4n) is 1.82. The van der Waals surface area contributed by atoms with Gasteiger partial charge >= 0.3 is 0 Å². The Morgan fingerprint density at radius 2 is 2.15 bits per heavy atom. The summed E-state index contributed by atoms with van der Waals surface area (Å²) < 4.78 is 28.8. The Hall–Kier alpha value is -1.63. The van der Waals surface area contributed by atoms with Crippen LogP contribution in [0.3, 0.4) is 0 Å². The summed E-state index contributed by atoms with van der Waals surface area (Å²) in [5.41, 5.74) is 1.39. The molecule has 8 heteroatoms. The molecule has 0 aliphatic heterocycles. The SMILES string of the molecule is CCn1ncc(CNc2nn(CCF)cc2C)c1F.Cl. The summed E-state index contributed by atoms with van der Waals surface area (Å²) in [6.45, 7) is 4.27. The van der Waals surface area contributed by atoms with Crippen LogP contribution in [0.4, 0.5) is 14.6 Å². The maximum absolute atomic E-state index is 13.7. The molecule has 2 heterocycles. The van der Waals surface area contributed by atoms with Gasteiger partial charge in [-0.2, -0.15) is 14.6 Å². The molecule has 20 heavy (non-hydrogen) atoms. The number of aryl methyl sites for hydroxylation is 3. The van der Waals surface area contributed by atoms with Gasteiger partial charge in [-0.25, -0.2) is 9.07 Å². The molecule has 2 aromatic heterocycles. The van der Waals surface area contributed by atoms with E-state index in [2.05, 4.69) is 15.5 Å². The van der Waals surface area contributed by atoms with E-state index in [1.54, 1.807) is 6.20 Å². The predicted molar refractivity (Wildman–Crippen MR) is 75.4 cm³/mol. The minimum absolute atomic E-state index is 0. The fourth-order valence-corrected chi connectivity index (χ4v) is 1.82. The second-order valence-electron chi connectivity index (χ2n) is 4.24. The van der Waals surface area contributed by atoms with E-state index in [1.165, 1.54) is 15.6 Å². The lowest BCUT2D eigenvalue weighted by Gasteiger charge is -2.03. The third-order valence-electron chi connectivity index (χ3n) is 2.85. The summed E-state index contributed by atoms with van der Waals surface area (Å²) in [6.07, 6.45) is 3.26. The van der Waals surface area contributed by atoms with Crippen molar-refractivity contribution in [2.75, 3.05) is 12.0 Å². The molecule has 0 fully saturated rings. The smallest absolute Gasteiger partial charge is 0.216 e. The van der Waals surface area contributed by atoms with Gasteiger partial charge in [-0.1, -0.05) is 0 Å². The van der Waals surface area contributed by atoms with Crippen molar-refractivity contribution in [2.45, 2.75) is 33.5 Å². The van der Waals surface area contributed by atoms with Crippen molar-refractivity contribution in [3.8, 4) is 0 Å². The van der Waals surface area contributed by atoms with Crippen LogP contribution >= 0.6 is 12.4 Å². The van der Waals surface area contributed by atoms with E-state index < -0.39 is 6.67 Å². The lowest BCUT2D eigenvalue weighted by Crippen LogP contribution is -2.06. The first-order valence-corrected chi connectivity index (χ1v) is 6.19. The molecule has 0 spiro atoms. The molecule has 0 saturated carbocycles. The van der Waals surface area contributed by atoms with Gasteiger partial charge in [0.2, 0.25) is 5.95 Å². The van der Waals surface area contributed by atoms with Crippen molar-refractivity contribution >= 4 is 18.2 Å². The van der Waals surface area contributed by atoms with Crippen LogP contribution in [0, 0.1) is 12.9 Å². The highest BCUT2D eigenvalue weighted by Gasteiger charge is 2.10. The zero-order valence-electron chi connectivity index (χ0n) is 11.4. The monoisotopic (exact) mass is 305 g/mol. The number of nitrogens with zero attached hydrogens (tertiary/aromatic N) is 4. The largest absolute Gasteiger partial charge is 0.364 e. The van der Waals surface area contributed by atoms with Crippen molar-refractivity contribution in [3.05, 3.63) is 29.5 Å². The predicted octanol–water partition coefficient (Wildman–Crippen LogP) is 2.55. The standard InChI is InChI=1S/C12H17F2N5.ClH/c1-3-19-11(14)10(7-16-19)6-15-12-9(2)8-18(17-12)5-4-13;/h7-8H,3-6H2,1-2H3,(H,15,17);1H. The van der Waals surface area contributed by atoms with Crippen LogP contribution in [0.5, 0.6) is 0 Å². The molecule has 2 aromatic rings. The number of anilines is 1. The summed E-state index contributed by atoms with van der Waals surface area (Å²) in [7, 11) is 0. The van der Waals surface area contributed by atoms with Gasteiger partial charge in [0.15, 0.2) is 5.82 Å². The first kappa shape index (κ1) is 16.4. The molecular formula is C12H18ClF2N5. The van der Waals surface area contributed by atoms with Gasteiger partial charge in [-0.3, -0.25) is 4.68 Å². The van der Waals surface area contributed by atoms with E-state index in [1.807, 2.05) is 13.8 Å². The first-order valence-electron chi connectivity index (χ1n) is 6.19. The Morgan fingerprint density at radius 1 is 1.40 bits per heavy atom. The van der Waals surface area contributed by atoms with Crippen molar-refractivity contribution < 1.29 is 8.78 Å². The summed E-state index contributed by atoms with van der Waals surface area (Å²) in [4.78, 5) is 0. The molecule has 2 rings (SSSR count). The average molecular weight is 306 g/mol. The van der Waals surface area contributed by atoms with Crippen LogP contribution in [-0.4, -0.2) is 26.2 Å². The van der Waals surface area contributed by atoms with Crippen molar-refractivity contribution in [1.29, 1.82) is 0 Å². The first-order chi connectivity index (χ1) is 9.15. The summed E-state index contributed by atoms with van der Waals surface area (Å²) in [5.74, 6) is 0.299. The van der Waals surface area contributed by atoms with E-state index in [0.29, 0.717) is 24.5 Å². The van der Waals surface area contributed by atoms with Gasteiger partial charge in [-0.05, 0) is 13.8 Å². The molecule has 0 bridgehead atoms. The average Bonchev–Trinajstić information content (AvgIpc) is 2.91. The molecular weight excluding hydrogens is 288 g/mol. The molecule has 0 radical (unpaired) electrons. The number of hydrogen-bond donors (Lipinski definition) is 1. The fraction of sp³-hybridized carbons (Fsp3) is 0.500. The van der Waals surface area contributed by atoms with E-state index in [-0.39, 0.29) is 24.9 Å². The van der Waals surface area contributed by atoms with E-state index in [0.717, 1.165) is 5.56 Å². The lowest BCUT2D eigenvalue weighted by molar-refractivity contribution is 0.427. The second kappa shape index (κ2) is 7.23. The minimum atomic E-state index is -0.460. The number of halogens is 3.